The molecule has 3 aromatic rings. The van der Waals surface area contributed by atoms with Gasteiger partial charge >= 0.3 is 0 Å². The van der Waals surface area contributed by atoms with Crippen LogP contribution in [0, 0.1) is 0 Å². The molecule has 0 saturated heterocycles. The molecule has 7 nitrogen and oxygen atoms in total. The van der Waals surface area contributed by atoms with E-state index in [-0.39, 0.29) is 17.4 Å². The lowest BCUT2D eigenvalue weighted by Crippen LogP contribution is -2.16. The summed E-state index contributed by atoms with van der Waals surface area (Å²) >= 11 is 1.35. The Balaban J connectivity index is 1.78. The monoisotopic (exact) mass is 340 g/mol. The maximum Gasteiger partial charge on any atom is 0.279 e. The molecule has 0 aliphatic heterocycles. The number of aromatic nitrogens is 4. The summed E-state index contributed by atoms with van der Waals surface area (Å²) in [7, 11) is 0. The van der Waals surface area contributed by atoms with E-state index in [4.69, 9.17) is 5.73 Å². The van der Waals surface area contributed by atoms with E-state index in [0.717, 1.165) is 11.4 Å². The molecule has 0 aliphatic rings. The van der Waals surface area contributed by atoms with Gasteiger partial charge in [-0.15, -0.1) is 10.2 Å². The largest absolute Gasteiger partial charge is 0.382 e. The normalized spacial score (nSPS) is 11.9. The average molecular weight is 340 g/mol. The van der Waals surface area contributed by atoms with Crippen molar-refractivity contribution in [3.05, 3.63) is 59.0 Å². The molecule has 1 aromatic carbocycles. The van der Waals surface area contributed by atoms with Crippen LogP contribution in [0.3, 0.4) is 0 Å². The minimum Gasteiger partial charge on any atom is -0.382 e. The van der Waals surface area contributed by atoms with Crippen LogP contribution < -0.4 is 11.1 Å². The summed E-state index contributed by atoms with van der Waals surface area (Å²) in [4.78, 5) is 20.0. The van der Waals surface area contributed by atoms with Gasteiger partial charge in [0, 0.05) is 18.3 Å². The highest BCUT2D eigenvalue weighted by Crippen LogP contribution is 2.31. The minimum atomic E-state index is -0.448. The molecule has 8 heteroatoms. The van der Waals surface area contributed by atoms with Crippen LogP contribution in [-0.4, -0.2) is 26.1 Å². The van der Waals surface area contributed by atoms with Crippen LogP contribution in [0.2, 0.25) is 0 Å². The zero-order valence-corrected chi connectivity index (χ0v) is 13.8. The van der Waals surface area contributed by atoms with Gasteiger partial charge < -0.3 is 5.73 Å². The fourth-order valence-corrected chi connectivity index (χ4v) is 3.29. The Morgan fingerprint density at radius 3 is 2.67 bits per heavy atom. The molecule has 3 N–H and O–H groups in total. The van der Waals surface area contributed by atoms with Crippen molar-refractivity contribution in [1.82, 2.24) is 20.2 Å². The highest BCUT2D eigenvalue weighted by Gasteiger charge is 2.19. The predicted octanol–water partition coefficient (Wildman–Crippen LogP) is 2.70. The average Bonchev–Trinajstić information content (AvgIpc) is 3.05. The summed E-state index contributed by atoms with van der Waals surface area (Å²) < 4.78 is 0. The molecular weight excluding hydrogens is 324 g/mol. The minimum absolute atomic E-state index is 0.0735. The first-order valence-corrected chi connectivity index (χ1v) is 8.27. The van der Waals surface area contributed by atoms with Gasteiger partial charge in [-0.2, -0.15) is 0 Å². The van der Waals surface area contributed by atoms with Gasteiger partial charge in [0.25, 0.3) is 5.91 Å². The Labute approximate surface area is 143 Å². The van der Waals surface area contributed by atoms with Gasteiger partial charge in [0.15, 0.2) is 11.5 Å². The molecule has 2 heterocycles. The Kier molecular flexibility index (Phi) is 4.76. The first-order valence-electron chi connectivity index (χ1n) is 7.45. The van der Waals surface area contributed by atoms with E-state index in [2.05, 4.69) is 44.5 Å². The second-order valence-electron chi connectivity index (χ2n) is 5.06. The number of amides is 1. The SMILES string of the molecule is CCC(c1ccccc1)c1nnc(NC(=O)c2nccnc2N)s1. The number of hydrogen-bond acceptors (Lipinski definition) is 7. The van der Waals surface area contributed by atoms with Crippen molar-refractivity contribution in [3.63, 3.8) is 0 Å². The summed E-state index contributed by atoms with van der Waals surface area (Å²) in [5.74, 6) is -0.220. The standard InChI is InChI=1S/C16H16N6OS/c1-2-11(10-6-4-3-5-7-10)15-21-22-16(24-15)20-14(23)12-13(17)19-9-8-18-12/h3-9,11H,2H2,1H3,(H2,17,19)(H,20,22,23). The Hall–Kier alpha value is -2.87. The van der Waals surface area contributed by atoms with Crippen molar-refractivity contribution in [1.29, 1.82) is 0 Å². The predicted molar refractivity (Wildman–Crippen MR) is 92.9 cm³/mol. The van der Waals surface area contributed by atoms with Crippen LogP contribution in [0.1, 0.15) is 40.3 Å². The van der Waals surface area contributed by atoms with Gasteiger partial charge in [-0.25, -0.2) is 9.97 Å². The second kappa shape index (κ2) is 7.14. The lowest BCUT2D eigenvalue weighted by molar-refractivity contribution is 0.102. The molecule has 1 amide bonds. The van der Waals surface area contributed by atoms with Gasteiger partial charge in [-0.1, -0.05) is 48.6 Å². The number of nitrogen functional groups attached to an aromatic ring is 1. The lowest BCUT2D eigenvalue weighted by atomic mass is 9.97. The maximum atomic E-state index is 12.2. The second-order valence-corrected chi connectivity index (χ2v) is 6.07. The fraction of sp³-hybridized carbons (Fsp3) is 0.188. The number of nitrogens with one attached hydrogen (secondary N) is 1. The number of nitrogens with zero attached hydrogens (tertiary/aromatic N) is 4. The molecule has 122 valence electrons. The van der Waals surface area contributed by atoms with E-state index < -0.39 is 5.91 Å². The zero-order valence-electron chi connectivity index (χ0n) is 13.0. The van der Waals surface area contributed by atoms with E-state index in [1.807, 2.05) is 18.2 Å². The van der Waals surface area contributed by atoms with Crippen molar-refractivity contribution in [2.75, 3.05) is 11.1 Å². The smallest absolute Gasteiger partial charge is 0.279 e. The molecule has 0 radical (unpaired) electrons. The Morgan fingerprint density at radius 1 is 1.21 bits per heavy atom. The van der Waals surface area contributed by atoms with Gasteiger partial charge in [-0.05, 0) is 12.0 Å². The van der Waals surface area contributed by atoms with Crippen LogP contribution in [0.5, 0.6) is 0 Å². The van der Waals surface area contributed by atoms with Crippen LogP contribution in [0.25, 0.3) is 0 Å². The Bertz CT molecular complexity index is 835. The number of carbonyl (C=O) groups is 1. The molecule has 1 unspecified atom stereocenters. The van der Waals surface area contributed by atoms with Gasteiger partial charge in [0.05, 0.1) is 0 Å². The van der Waals surface area contributed by atoms with E-state index in [9.17, 15) is 4.79 Å². The number of anilines is 2. The number of benzene rings is 1. The zero-order chi connectivity index (χ0) is 16.9. The van der Waals surface area contributed by atoms with Crippen LogP contribution in [0.15, 0.2) is 42.7 Å². The van der Waals surface area contributed by atoms with Crippen molar-refractivity contribution >= 4 is 28.2 Å². The van der Waals surface area contributed by atoms with E-state index in [1.54, 1.807) is 0 Å². The molecule has 0 saturated carbocycles. The van der Waals surface area contributed by atoms with Crippen molar-refractivity contribution in [2.24, 2.45) is 0 Å². The van der Waals surface area contributed by atoms with Crippen molar-refractivity contribution < 1.29 is 4.79 Å². The highest BCUT2D eigenvalue weighted by molar-refractivity contribution is 7.15. The number of nitrogens with two attached hydrogens (primary N) is 1. The van der Waals surface area contributed by atoms with E-state index >= 15 is 0 Å². The summed E-state index contributed by atoms with van der Waals surface area (Å²) in [6.45, 7) is 2.09. The van der Waals surface area contributed by atoms with Crippen LogP contribution >= 0.6 is 11.3 Å². The first-order chi connectivity index (χ1) is 11.7. The van der Waals surface area contributed by atoms with E-state index in [0.29, 0.717) is 5.13 Å². The molecule has 0 bridgehead atoms. The third-order valence-corrected chi connectivity index (χ3v) is 4.46. The summed E-state index contributed by atoms with van der Waals surface area (Å²) in [5.41, 5.74) is 6.91. The number of rotatable bonds is 5. The van der Waals surface area contributed by atoms with E-state index in [1.165, 1.54) is 29.3 Å². The molecule has 0 fully saturated rings. The topological polar surface area (TPSA) is 107 Å². The van der Waals surface area contributed by atoms with Gasteiger partial charge in [-0.3, -0.25) is 10.1 Å². The quantitative estimate of drug-likeness (QED) is 0.739. The summed E-state index contributed by atoms with van der Waals surface area (Å²) in [6.07, 6.45) is 3.74. The molecule has 1 atom stereocenters. The number of hydrogen-bond donors (Lipinski definition) is 2. The molecular formula is C16H16N6OS. The third-order valence-electron chi connectivity index (χ3n) is 3.51. The van der Waals surface area contributed by atoms with Gasteiger partial charge in [0.2, 0.25) is 5.13 Å². The lowest BCUT2D eigenvalue weighted by Gasteiger charge is -2.11. The number of carbonyl (C=O) groups excluding carboxylic acids is 1. The summed E-state index contributed by atoms with van der Waals surface area (Å²) in [6, 6.07) is 10.1. The van der Waals surface area contributed by atoms with Gasteiger partial charge in [0.1, 0.15) is 5.01 Å². The molecule has 0 aliphatic carbocycles. The summed E-state index contributed by atoms with van der Waals surface area (Å²) in [5, 5.41) is 12.2. The molecule has 0 spiro atoms. The third kappa shape index (κ3) is 3.38. The van der Waals surface area contributed by atoms with Crippen molar-refractivity contribution in [2.45, 2.75) is 19.3 Å². The van der Waals surface area contributed by atoms with Crippen molar-refractivity contribution in [3.8, 4) is 0 Å². The fourth-order valence-electron chi connectivity index (χ4n) is 2.34. The molecule has 24 heavy (non-hydrogen) atoms. The van der Waals surface area contributed by atoms with Crippen LogP contribution in [0.4, 0.5) is 10.9 Å². The molecule has 2 aromatic heterocycles. The molecule has 3 rings (SSSR count). The maximum absolute atomic E-state index is 12.2. The first kappa shape index (κ1) is 16.0. The highest BCUT2D eigenvalue weighted by atomic mass is 32.1. The Morgan fingerprint density at radius 2 is 1.96 bits per heavy atom. The van der Waals surface area contributed by atoms with Crippen LogP contribution in [-0.2, 0) is 0 Å².